The van der Waals surface area contributed by atoms with Crippen LogP contribution in [0.4, 0.5) is 0 Å². The highest BCUT2D eigenvalue weighted by atomic mass is 16.5. The lowest BCUT2D eigenvalue weighted by Crippen LogP contribution is -2.51. The summed E-state index contributed by atoms with van der Waals surface area (Å²) in [5.41, 5.74) is -0.0480. The molecule has 1 aliphatic carbocycles. The smallest absolute Gasteiger partial charge is 0.305 e. The molecule has 1 aliphatic rings. The van der Waals surface area contributed by atoms with Crippen LogP contribution in [-0.4, -0.2) is 36.4 Å². The van der Waals surface area contributed by atoms with Crippen LogP contribution in [0.25, 0.3) is 0 Å². The zero-order chi connectivity index (χ0) is 14.8. The summed E-state index contributed by atoms with van der Waals surface area (Å²) in [6.45, 7) is 5.76. The summed E-state index contributed by atoms with van der Waals surface area (Å²) in [6, 6.07) is 0. The van der Waals surface area contributed by atoms with Crippen LogP contribution in [0.15, 0.2) is 0 Å². The zero-order valence-corrected chi connectivity index (χ0v) is 13.1. The average Bonchev–Trinajstić information content (AvgIpc) is 2.45. The van der Waals surface area contributed by atoms with E-state index >= 15 is 0 Å². The number of nitrogens with one attached hydrogen (secondary N) is 1. The Morgan fingerprint density at radius 1 is 1.30 bits per heavy atom. The van der Waals surface area contributed by atoms with Crippen LogP contribution in [0, 0.1) is 5.92 Å². The van der Waals surface area contributed by atoms with Gasteiger partial charge < -0.3 is 15.2 Å². The predicted octanol–water partition coefficient (Wildman–Crippen LogP) is 2.64. The van der Waals surface area contributed by atoms with Crippen LogP contribution in [0.1, 0.15) is 65.2 Å². The Morgan fingerprint density at radius 3 is 2.60 bits per heavy atom. The van der Waals surface area contributed by atoms with Gasteiger partial charge in [0.2, 0.25) is 0 Å². The Bertz CT molecular complexity index is 273. The van der Waals surface area contributed by atoms with Crippen LogP contribution in [0.5, 0.6) is 0 Å². The maximum absolute atomic E-state index is 11.2. The molecule has 0 amide bonds. The maximum atomic E-state index is 11.2. The maximum Gasteiger partial charge on any atom is 0.305 e. The Morgan fingerprint density at radius 2 is 2.00 bits per heavy atom. The van der Waals surface area contributed by atoms with Crippen molar-refractivity contribution in [2.24, 2.45) is 5.92 Å². The van der Waals surface area contributed by atoms with Crippen LogP contribution in [0.2, 0.25) is 0 Å². The van der Waals surface area contributed by atoms with Gasteiger partial charge in [-0.3, -0.25) is 4.79 Å². The Labute approximate surface area is 123 Å². The summed E-state index contributed by atoms with van der Waals surface area (Å²) in [5.74, 6) is 0.703. The molecule has 1 rings (SSSR count). The summed E-state index contributed by atoms with van der Waals surface area (Å²) in [6.07, 6.45) is 8.06. The molecule has 2 N–H and O–H groups in total. The first-order valence-electron chi connectivity index (χ1n) is 8.13. The van der Waals surface area contributed by atoms with Crippen LogP contribution >= 0.6 is 0 Å². The first-order valence-corrected chi connectivity index (χ1v) is 8.13. The molecule has 0 heterocycles. The summed E-state index contributed by atoms with van der Waals surface area (Å²) in [5, 5.41) is 13.2. The molecule has 0 radical (unpaired) electrons. The average molecular weight is 285 g/mol. The van der Waals surface area contributed by atoms with Gasteiger partial charge in [0.05, 0.1) is 13.2 Å². The number of rotatable bonds is 9. The second kappa shape index (κ2) is 9.35. The van der Waals surface area contributed by atoms with Crippen molar-refractivity contribution >= 4 is 5.97 Å². The number of carbonyl (C=O) groups excluding carboxylic acids is 1. The molecule has 0 unspecified atom stereocenters. The number of ether oxygens (including phenoxy) is 1. The first-order chi connectivity index (χ1) is 9.62. The summed E-state index contributed by atoms with van der Waals surface area (Å²) < 4.78 is 4.90. The summed E-state index contributed by atoms with van der Waals surface area (Å²) in [7, 11) is 0. The molecule has 0 aromatic heterocycles. The van der Waals surface area contributed by atoms with E-state index in [4.69, 9.17) is 4.74 Å². The fourth-order valence-corrected chi connectivity index (χ4v) is 2.86. The zero-order valence-electron chi connectivity index (χ0n) is 13.1. The second-order valence-corrected chi connectivity index (χ2v) is 6.16. The van der Waals surface area contributed by atoms with Crippen molar-refractivity contribution < 1.29 is 14.6 Å². The lowest BCUT2D eigenvalue weighted by molar-refractivity contribution is -0.143. The standard InChI is InChI=1S/C16H31NO3/c1-3-20-15(19)7-5-4-6-12-17-16(13-18)10-8-14(2)9-11-16/h14,17-18H,3-13H2,1-2H3. The van der Waals surface area contributed by atoms with E-state index in [1.807, 2.05) is 6.92 Å². The number of carbonyl (C=O) groups is 1. The quantitative estimate of drug-likeness (QED) is 0.505. The largest absolute Gasteiger partial charge is 0.466 e. The van der Waals surface area contributed by atoms with E-state index in [2.05, 4.69) is 12.2 Å². The van der Waals surface area contributed by atoms with Gasteiger partial charge in [0.1, 0.15) is 0 Å². The number of aliphatic hydroxyl groups is 1. The van der Waals surface area contributed by atoms with Gasteiger partial charge >= 0.3 is 5.97 Å². The van der Waals surface area contributed by atoms with E-state index < -0.39 is 0 Å². The van der Waals surface area contributed by atoms with Crippen molar-refractivity contribution in [1.29, 1.82) is 0 Å². The molecule has 4 heteroatoms. The predicted molar refractivity (Wildman–Crippen MR) is 80.6 cm³/mol. The second-order valence-electron chi connectivity index (χ2n) is 6.16. The van der Waals surface area contributed by atoms with E-state index in [0.29, 0.717) is 13.0 Å². The summed E-state index contributed by atoms with van der Waals surface area (Å²) >= 11 is 0. The lowest BCUT2D eigenvalue weighted by Gasteiger charge is -2.39. The highest BCUT2D eigenvalue weighted by Crippen LogP contribution is 2.31. The topological polar surface area (TPSA) is 58.6 Å². The monoisotopic (exact) mass is 285 g/mol. The van der Waals surface area contributed by atoms with Crippen molar-refractivity contribution in [3.63, 3.8) is 0 Å². The molecule has 1 fully saturated rings. The molecule has 0 aromatic carbocycles. The van der Waals surface area contributed by atoms with Gasteiger partial charge in [-0.15, -0.1) is 0 Å². The number of hydrogen-bond donors (Lipinski definition) is 2. The molecule has 118 valence electrons. The molecule has 0 spiro atoms. The third-order valence-electron chi connectivity index (χ3n) is 4.40. The molecule has 4 nitrogen and oxygen atoms in total. The van der Waals surface area contributed by atoms with Crippen LogP contribution < -0.4 is 5.32 Å². The Kier molecular flexibility index (Phi) is 8.15. The highest BCUT2D eigenvalue weighted by molar-refractivity contribution is 5.69. The number of unbranched alkanes of at least 4 members (excludes halogenated alkanes) is 2. The minimum Gasteiger partial charge on any atom is -0.466 e. The molecular weight excluding hydrogens is 254 g/mol. The fourth-order valence-electron chi connectivity index (χ4n) is 2.86. The molecule has 0 aliphatic heterocycles. The van der Waals surface area contributed by atoms with Crippen molar-refractivity contribution in [3.8, 4) is 0 Å². The third kappa shape index (κ3) is 6.23. The lowest BCUT2D eigenvalue weighted by atomic mass is 9.77. The Hall–Kier alpha value is -0.610. The highest BCUT2D eigenvalue weighted by Gasteiger charge is 2.32. The van der Waals surface area contributed by atoms with Gasteiger partial charge in [-0.25, -0.2) is 0 Å². The molecule has 0 saturated heterocycles. The van der Waals surface area contributed by atoms with Crippen molar-refractivity contribution in [3.05, 3.63) is 0 Å². The minimum atomic E-state index is -0.0893. The molecule has 0 aromatic rings. The SMILES string of the molecule is CCOC(=O)CCCCCNC1(CO)CCC(C)CC1. The third-order valence-corrected chi connectivity index (χ3v) is 4.40. The van der Waals surface area contributed by atoms with Gasteiger partial charge in [-0.05, 0) is 57.9 Å². The van der Waals surface area contributed by atoms with E-state index in [1.165, 1.54) is 12.8 Å². The van der Waals surface area contributed by atoms with E-state index in [9.17, 15) is 9.90 Å². The number of esters is 1. The van der Waals surface area contributed by atoms with Crippen LogP contribution in [-0.2, 0) is 9.53 Å². The number of hydrogen-bond acceptors (Lipinski definition) is 4. The van der Waals surface area contributed by atoms with Gasteiger partial charge in [0.15, 0.2) is 0 Å². The van der Waals surface area contributed by atoms with Gasteiger partial charge in [0.25, 0.3) is 0 Å². The molecule has 0 atom stereocenters. The normalized spacial score (nSPS) is 26.4. The molecule has 20 heavy (non-hydrogen) atoms. The Balaban J connectivity index is 2.09. The van der Waals surface area contributed by atoms with E-state index in [0.717, 1.165) is 44.6 Å². The number of aliphatic hydroxyl groups excluding tert-OH is 1. The van der Waals surface area contributed by atoms with Gasteiger partial charge in [-0.1, -0.05) is 13.3 Å². The fraction of sp³-hybridized carbons (Fsp3) is 0.938. The van der Waals surface area contributed by atoms with Crippen LogP contribution in [0.3, 0.4) is 0 Å². The van der Waals surface area contributed by atoms with Crippen molar-refractivity contribution in [2.75, 3.05) is 19.8 Å². The van der Waals surface area contributed by atoms with E-state index in [-0.39, 0.29) is 18.1 Å². The van der Waals surface area contributed by atoms with E-state index in [1.54, 1.807) is 0 Å². The van der Waals surface area contributed by atoms with Crippen molar-refractivity contribution in [2.45, 2.75) is 70.8 Å². The molecular formula is C16H31NO3. The van der Waals surface area contributed by atoms with Gasteiger partial charge in [0, 0.05) is 12.0 Å². The van der Waals surface area contributed by atoms with Crippen molar-refractivity contribution in [1.82, 2.24) is 5.32 Å². The summed E-state index contributed by atoms with van der Waals surface area (Å²) in [4.78, 5) is 11.2. The van der Waals surface area contributed by atoms with Gasteiger partial charge in [-0.2, -0.15) is 0 Å². The molecule has 0 bridgehead atoms. The molecule has 1 saturated carbocycles. The minimum absolute atomic E-state index is 0.0480. The first kappa shape index (κ1) is 17.4.